The van der Waals surface area contributed by atoms with E-state index in [1.807, 2.05) is 0 Å². The van der Waals surface area contributed by atoms with Crippen LogP contribution in [0.4, 0.5) is 18.9 Å². The number of nitro benzene ring substituents is 1. The van der Waals surface area contributed by atoms with Gasteiger partial charge in [0.05, 0.1) is 4.92 Å². The smallest absolute Gasteiger partial charge is 0.420 e. The monoisotopic (exact) mass is 492 g/mol. The van der Waals surface area contributed by atoms with Gasteiger partial charge in [-0.2, -0.15) is 13.2 Å². The van der Waals surface area contributed by atoms with E-state index in [2.05, 4.69) is 5.32 Å². The van der Waals surface area contributed by atoms with Crippen LogP contribution in [0.3, 0.4) is 0 Å². The third-order valence-corrected chi connectivity index (χ3v) is 5.66. The third-order valence-electron chi connectivity index (χ3n) is 5.66. The summed E-state index contributed by atoms with van der Waals surface area (Å²) in [6.45, 7) is 0. The molecule has 1 saturated carbocycles. The van der Waals surface area contributed by atoms with E-state index in [-0.39, 0.29) is 17.9 Å². The van der Waals surface area contributed by atoms with Gasteiger partial charge in [0.25, 0.3) is 5.69 Å². The van der Waals surface area contributed by atoms with Gasteiger partial charge in [-0.05, 0) is 42.2 Å². The fourth-order valence-corrected chi connectivity index (χ4v) is 3.87. The van der Waals surface area contributed by atoms with Crippen molar-refractivity contribution in [2.75, 3.05) is 0 Å². The van der Waals surface area contributed by atoms with E-state index in [4.69, 9.17) is 4.74 Å². The second kappa shape index (κ2) is 11.0. The highest BCUT2D eigenvalue weighted by Gasteiger charge is 2.36. The van der Waals surface area contributed by atoms with Gasteiger partial charge in [0.15, 0.2) is 0 Å². The number of benzene rings is 2. The first-order chi connectivity index (χ1) is 16.5. The van der Waals surface area contributed by atoms with E-state index in [1.54, 1.807) is 0 Å². The largest absolute Gasteiger partial charge is 0.477 e. The number of non-ortho nitro benzene ring substituents is 1. The molecule has 1 aliphatic carbocycles. The molecule has 2 aromatic carbocycles. The molecule has 0 radical (unpaired) electrons. The van der Waals surface area contributed by atoms with Gasteiger partial charge in [-0.3, -0.25) is 14.9 Å². The summed E-state index contributed by atoms with van der Waals surface area (Å²) in [5.74, 6) is -1.87. The lowest BCUT2D eigenvalue weighted by Crippen LogP contribution is -2.27. The van der Waals surface area contributed by atoms with Crippen molar-refractivity contribution < 1.29 is 37.5 Å². The molecule has 0 saturated heterocycles. The fourth-order valence-electron chi connectivity index (χ4n) is 3.87. The molecule has 35 heavy (non-hydrogen) atoms. The number of halogens is 3. The summed E-state index contributed by atoms with van der Waals surface area (Å²) in [7, 11) is 0. The second-order valence-electron chi connectivity index (χ2n) is 8.21. The quantitative estimate of drug-likeness (QED) is 0.255. The normalized spacial score (nSPS) is 14.5. The van der Waals surface area contributed by atoms with Gasteiger partial charge in [-0.25, -0.2) is 4.79 Å². The molecule has 1 aliphatic rings. The highest BCUT2D eigenvalue weighted by atomic mass is 19.4. The predicted molar refractivity (Wildman–Crippen MR) is 120 cm³/mol. The summed E-state index contributed by atoms with van der Waals surface area (Å²) >= 11 is 0. The maximum absolute atomic E-state index is 13.3. The number of aliphatic carboxylic acids is 1. The van der Waals surface area contributed by atoms with Crippen LogP contribution < -0.4 is 10.1 Å². The molecule has 1 amide bonds. The van der Waals surface area contributed by atoms with Crippen LogP contribution in [0.5, 0.6) is 11.5 Å². The standard InChI is InChI=1S/C24H23F3N2O6/c25-24(26,27)19-14-17(29(33)34)8-11-21(19)35-18-9-5-16(6-10-18)13-20(23(31)32)28-22(30)12-7-15-3-1-2-4-15/h5-6,8-11,13-15H,1-4,7,12H2,(H,28,30)(H,31,32). The minimum absolute atomic E-state index is 0.000947. The van der Waals surface area contributed by atoms with Crippen molar-refractivity contribution in [2.24, 2.45) is 5.92 Å². The van der Waals surface area contributed by atoms with Gasteiger partial charge in [0, 0.05) is 18.6 Å². The van der Waals surface area contributed by atoms with Gasteiger partial charge < -0.3 is 15.2 Å². The number of carbonyl (C=O) groups is 2. The molecule has 11 heteroatoms. The zero-order valence-corrected chi connectivity index (χ0v) is 18.5. The zero-order chi connectivity index (χ0) is 25.6. The highest BCUT2D eigenvalue weighted by Crippen LogP contribution is 2.40. The van der Waals surface area contributed by atoms with Crippen molar-refractivity contribution in [3.05, 3.63) is 69.4 Å². The molecule has 0 atom stereocenters. The number of ether oxygens (including phenoxy) is 1. The number of hydrogen-bond acceptors (Lipinski definition) is 5. The molecule has 8 nitrogen and oxygen atoms in total. The van der Waals surface area contributed by atoms with Gasteiger partial charge in [-0.1, -0.05) is 37.8 Å². The molecule has 1 fully saturated rings. The second-order valence-corrected chi connectivity index (χ2v) is 8.21. The van der Waals surface area contributed by atoms with Crippen molar-refractivity contribution >= 4 is 23.6 Å². The fraction of sp³-hybridized carbons (Fsp3) is 0.333. The van der Waals surface area contributed by atoms with Gasteiger partial charge in [-0.15, -0.1) is 0 Å². The number of nitro groups is 1. The van der Waals surface area contributed by atoms with Crippen LogP contribution in [0, 0.1) is 16.0 Å². The summed E-state index contributed by atoms with van der Waals surface area (Å²) in [4.78, 5) is 33.6. The Labute approximate surface area is 198 Å². The van der Waals surface area contributed by atoms with Crippen LogP contribution in [0.25, 0.3) is 6.08 Å². The average Bonchev–Trinajstić information content (AvgIpc) is 3.31. The molecule has 186 valence electrons. The number of nitrogens with one attached hydrogen (secondary N) is 1. The summed E-state index contributed by atoms with van der Waals surface area (Å²) in [5.41, 5.74) is -1.99. The summed E-state index contributed by atoms with van der Waals surface area (Å²) in [6.07, 6.45) is 1.72. The summed E-state index contributed by atoms with van der Waals surface area (Å²) < 4.78 is 45.2. The first-order valence-corrected chi connectivity index (χ1v) is 10.9. The number of alkyl halides is 3. The number of rotatable bonds is 9. The van der Waals surface area contributed by atoms with Crippen molar-refractivity contribution in [1.82, 2.24) is 5.32 Å². The van der Waals surface area contributed by atoms with Crippen LogP contribution in [-0.2, 0) is 15.8 Å². The van der Waals surface area contributed by atoms with E-state index in [0.717, 1.165) is 37.8 Å². The zero-order valence-electron chi connectivity index (χ0n) is 18.5. The van der Waals surface area contributed by atoms with Gasteiger partial charge in [0.2, 0.25) is 5.91 Å². The third kappa shape index (κ3) is 7.29. The molecule has 0 aromatic heterocycles. The van der Waals surface area contributed by atoms with E-state index in [0.29, 0.717) is 24.0 Å². The molecule has 0 aliphatic heterocycles. The van der Waals surface area contributed by atoms with Crippen LogP contribution in [0.15, 0.2) is 48.2 Å². The number of carboxylic acids is 1. The lowest BCUT2D eigenvalue weighted by molar-refractivity contribution is -0.385. The minimum Gasteiger partial charge on any atom is -0.477 e. The Morgan fingerprint density at radius 3 is 2.37 bits per heavy atom. The van der Waals surface area contributed by atoms with E-state index >= 15 is 0 Å². The van der Waals surface area contributed by atoms with Crippen molar-refractivity contribution in [1.29, 1.82) is 0 Å². The van der Waals surface area contributed by atoms with Gasteiger partial charge in [0.1, 0.15) is 22.8 Å². The van der Waals surface area contributed by atoms with Crippen molar-refractivity contribution in [2.45, 2.75) is 44.7 Å². The van der Waals surface area contributed by atoms with Crippen LogP contribution >= 0.6 is 0 Å². The highest BCUT2D eigenvalue weighted by molar-refractivity contribution is 5.96. The number of nitrogens with zero attached hydrogens (tertiary/aromatic N) is 1. The van der Waals surface area contributed by atoms with Crippen LogP contribution in [0.1, 0.15) is 49.7 Å². The Morgan fingerprint density at radius 1 is 1.14 bits per heavy atom. The Morgan fingerprint density at radius 2 is 1.80 bits per heavy atom. The Hall–Kier alpha value is -3.89. The molecule has 0 bridgehead atoms. The molecule has 0 heterocycles. The summed E-state index contributed by atoms with van der Waals surface area (Å²) in [5, 5.41) is 22.6. The van der Waals surface area contributed by atoms with Crippen LogP contribution in [0.2, 0.25) is 0 Å². The Balaban J connectivity index is 1.71. The average molecular weight is 492 g/mol. The Kier molecular flexibility index (Phi) is 8.10. The predicted octanol–water partition coefficient (Wildman–Crippen LogP) is 5.92. The van der Waals surface area contributed by atoms with E-state index < -0.39 is 40.0 Å². The Bertz CT molecular complexity index is 1120. The molecule has 0 spiro atoms. The molecule has 3 rings (SSSR count). The van der Waals surface area contributed by atoms with E-state index in [1.165, 1.54) is 30.3 Å². The molecular weight excluding hydrogens is 469 g/mol. The molecular formula is C24H23F3N2O6. The van der Waals surface area contributed by atoms with E-state index in [9.17, 15) is 38.0 Å². The SMILES string of the molecule is O=C(CCC1CCCC1)NC(=Cc1ccc(Oc2ccc([N+](=O)[O-])cc2C(F)(F)F)cc1)C(=O)O. The first-order valence-electron chi connectivity index (χ1n) is 10.9. The lowest BCUT2D eigenvalue weighted by Gasteiger charge is -2.13. The number of carboxylic acid groups (broad SMARTS) is 1. The summed E-state index contributed by atoms with van der Waals surface area (Å²) in [6, 6.07) is 7.59. The molecule has 2 aromatic rings. The maximum atomic E-state index is 13.3. The number of amides is 1. The maximum Gasteiger partial charge on any atom is 0.420 e. The lowest BCUT2D eigenvalue weighted by atomic mass is 10.0. The first kappa shape index (κ1) is 25.7. The molecule has 0 unspecified atom stereocenters. The van der Waals surface area contributed by atoms with Crippen molar-refractivity contribution in [3.8, 4) is 11.5 Å². The van der Waals surface area contributed by atoms with Crippen molar-refractivity contribution in [3.63, 3.8) is 0 Å². The van der Waals surface area contributed by atoms with Gasteiger partial charge >= 0.3 is 12.1 Å². The minimum atomic E-state index is -4.88. The molecule has 2 N–H and O–H groups in total. The number of carbonyl (C=O) groups excluding carboxylic acids is 1. The topological polar surface area (TPSA) is 119 Å². The van der Waals surface area contributed by atoms with Crippen LogP contribution in [-0.4, -0.2) is 21.9 Å². The number of hydrogen-bond donors (Lipinski definition) is 2.